The highest BCUT2D eigenvalue weighted by atomic mass is 35.5. The Kier molecular flexibility index (Phi) is 3.56. The smallest absolute Gasteiger partial charge is 0.303 e. The minimum Gasteiger partial charge on any atom is -0.481 e. The number of carbonyl (C=O) groups is 1. The summed E-state index contributed by atoms with van der Waals surface area (Å²) < 4.78 is 0. The molecule has 0 spiro atoms. The Labute approximate surface area is 79.8 Å². The lowest BCUT2D eigenvalue weighted by atomic mass is 10.2. The van der Waals surface area contributed by atoms with E-state index in [-0.39, 0.29) is 6.42 Å². The fourth-order valence-electron chi connectivity index (χ4n) is 0.857. The number of rotatable bonds is 4. The molecule has 0 aliphatic rings. The molecule has 2 nitrogen and oxygen atoms in total. The Morgan fingerprint density at radius 3 is 2.92 bits per heavy atom. The second-order valence-corrected chi connectivity index (χ2v) is 3.71. The topological polar surface area (TPSA) is 37.3 Å². The Bertz CT molecular complexity index is 270. The van der Waals surface area contributed by atoms with Gasteiger partial charge in [-0.1, -0.05) is 0 Å². The Morgan fingerprint density at radius 2 is 2.42 bits per heavy atom. The van der Waals surface area contributed by atoms with Gasteiger partial charge in [0.25, 0.3) is 0 Å². The van der Waals surface area contributed by atoms with Crippen molar-refractivity contribution in [3.8, 4) is 0 Å². The van der Waals surface area contributed by atoms with Gasteiger partial charge < -0.3 is 5.11 Å². The second kappa shape index (κ2) is 4.48. The van der Waals surface area contributed by atoms with E-state index in [4.69, 9.17) is 16.7 Å². The largest absolute Gasteiger partial charge is 0.481 e. The molecule has 1 aromatic rings. The lowest BCUT2D eigenvalue weighted by Gasteiger charge is -1.90. The van der Waals surface area contributed by atoms with Gasteiger partial charge in [0.2, 0.25) is 0 Å². The maximum Gasteiger partial charge on any atom is 0.303 e. The molecule has 0 radical (unpaired) electrons. The monoisotopic (exact) mass is 204 g/mol. The SMILES string of the molecule is O=C(O)CCc1cc(CCl)cs1. The molecule has 12 heavy (non-hydrogen) atoms. The number of thiophene rings is 1. The van der Waals surface area contributed by atoms with Gasteiger partial charge in [0.05, 0.1) is 6.42 Å². The van der Waals surface area contributed by atoms with Crippen LogP contribution < -0.4 is 0 Å². The van der Waals surface area contributed by atoms with Gasteiger partial charge in [0.1, 0.15) is 0 Å². The van der Waals surface area contributed by atoms with Crippen LogP contribution in [-0.4, -0.2) is 11.1 Å². The van der Waals surface area contributed by atoms with Crippen LogP contribution in [0, 0.1) is 0 Å². The van der Waals surface area contributed by atoms with Crippen LogP contribution in [0.4, 0.5) is 0 Å². The third-order valence-electron chi connectivity index (χ3n) is 1.45. The average molecular weight is 205 g/mol. The summed E-state index contributed by atoms with van der Waals surface area (Å²) in [6.45, 7) is 0. The molecule has 0 bridgehead atoms. The molecule has 4 heteroatoms. The Morgan fingerprint density at radius 1 is 1.67 bits per heavy atom. The molecule has 1 N–H and O–H groups in total. The predicted molar refractivity (Wildman–Crippen MR) is 49.8 cm³/mol. The molecule has 1 heterocycles. The maximum atomic E-state index is 10.2. The van der Waals surface area contributed by atoms with Crippen molar-refractivity contribution in [2.45, 2.75) is 18.7 Å². The molecule has 1 rings (SSSR count). The first-order valence-corrected chi connectivity index (χ1v) is 4.98. The van der Waals surface area contributed by atoms with Gasteiger partial charge >= 0.3 is 5.97 Å². The van der Waals surface area contributed by atoms with Crippen molar-refractivity contribution in [2.24, 2.45) is 0 Å². The molecular formula is C8H9ClO2S. The van der Waals surface area contributed by atoms with Crippen LogP contribution in [-0.2, 0) is 17.1 Å². The quantitative estimate of drug-likeness (QED) is 0.766. The van der Waals surface area contributed by atoms with Crippen molar-refractivity contribution in [3.05, 3.63) is 21.9 Å². The molecule has 0 saturated carbocycles. The summed E-state index contributed by atoms with van der Waals surface area (Å²) in [6, 6.07) is 1.96. The number of hydrogen-bond donors (Lipinski definition) is 1. The van der Waals surface area contributed by atoms with Gasteiger partial charge in [-0.3, -0.25) is 4.79 Å². The van der Waals surface area contributed by atoms with Crippen molar-refractivity contribution in [2.75, 3.05) is 0 Å². The first-order valence-electron chi connectivity index (χ1n) is 3.56. The third kappa shape index (κ3) is 2.83. The summed E-state index contributed by atoms with van der Waals surface area (Å²) in [7, 11) is 0. The van der Waals surface area contributed by atoms with Gasteiger partial charge in [0, 0.05) is 10.8 Å². The second-order valence-electron chi connectivity index (χ2n) is 2.45. The highest BCUT2D eigenvalue weighted by molar-refractivity contribution is 7.10. The van der Waals surface area contributed by atoms with E-state index >= 15 is 0 Å². The highest BCUT2D eigenvalue weighted by Gasteiger charge is 2.01. The lowest BCUT2D eigenvalue weighted by Crippen LogP contribution is -1.95. The van der Waals surface area contributed by atoms with Crippen molar-refractivity contribution in [1.82, 2.24) is 0 Å². The van der Waals surface area contributed by atoms with Crippen LogP contribution >= 0.6 is 22.9 Å². The molecule has 0 saturated heterocycles. The number of aliphatic carboxylic acids is 1. The maximum absolute atomic E-state index is 10.2. The molecule has 0 unspecified atom stereocenters. The number of hydrogen-bond acceptors (Lipinski definition) is 2. The van der Waals surface area contributed by atoms with Crippen molar-refractivity contribution in [1.29, 1.82) is 0 Å². The summed E-state index contributed by atoms with van der Waals surface area (Å²) in [5, 5.41) is 10.4. The van der Waals surface area contributed by atoms with Crippen molar-refractivity contribution < 1.29 is 9.90 Å². The minimum absolute atomic E-state index is 0.197. The highest BCUT2D eigenvalue weighted by Crippen LogP contribution is 2.17. The lowest BCUT2D eigenvalue weighted by molar-refractivity contribution is -0.136. The van der Waals surface area contributed by atoms with E-state index in [2.05, 4.69) is 0 Å². The zero-order valence-corrected chi connectivity index (χ0v) is 7.99. The van der Waals surface area contributed by atoms with E-state index in [0.717, 1.165) is 10.4 Å². The van der Waals surface area contributed by atoms with E-state index in [9.17, 15) is 4.79 Å². The Hall–Kier alpha value is -0.540. The molecule has 0 aromatic carbocycles. The normalized spacial score (nSPS) is 10.1. The third-order valence-corrected chi connectivity index (χ3v) is 2.80. The summed E-state index contributed by atoms with van der Waals surface area (Å²) in [5.41, 5.74) is 1.07. The molecule has 1 aromatic heterocycles. The van der Waals surface area contributed by atoms with E-state index < -0.39 is 5.97 Å². The van der Waals surface area contributed by atoms with Gasteiger partial charge in [-0.25, -0.2) is 0 Å². The van der Waals surface area contributed by atoms with E-state index in [0.29, 0.717) is 12.3 Å². The average Bonchev–Trinajstić information content (AvgIpc) is 2.48. The molecule has 0 aliphatic carbocycles. The summed E-state index contributed by atoms with van der Waals surface area (Å²) in [4.78, 5) is 11.3. The molecule has 0 amide bonds. The molecule has 0 aliphatic heterocycles. The van der Waals surface area contributed by atoms with E-state index in [1.807, 2.05) is 11.4 Å². The van der Waals surface area contributed by atoms with Crippen molar-refractivity contribution >= 4 is 28.9 Å². The van der Waals surface area contributed by atoms with Gasteiger partial charge in [-0.05, 0) is 23.4 Å². The molecule has 0 atom stereocenters. The van der Waals surface area contributed by atoms with Crippen LogP contribution in [0.25, 0.3) is 0 Å². The van der Waals surface area contributed by atoms with E-state index in [1.54, 1.807) is 11.3 Å². The number of aryl methyl sites for hydroxylation is 1. The summed E-state index contributed by atoms with van der Waals surface area (Å²) in [6.07, 6.45) is 0.805. The number of carboxylic acids is 1. The zero-order valence-electron chi connectivity index (χ0n) is 6.42. The number of alkyl halides is 1. The molecule has 66 valence electrons. The van der Waals surface area contributed by atoms with Crippen LogP contribution in [0.15, 0.2) is 11.4 Å². The minimum atomic E-state index is -0.754. The first kappa shape index (κ1) is 9.55. The summed E-state index contributed by atoms with van der Waals surface area (Å²) >= 11 is 7.16. The fraction of sp³-hybridized carbons (Fsp3) is 0.375. The van der Waals surface area contributed by atoms with Crippen LogP contribution in [0.5, 0.6) is 0 Å². The predicted octanol–water partition coefficient (Wildman–Crippen LogP) is 2.50. The van der Waals surface area contributed by atoms with Gasteiger partial charge in [-0.2, -0.15) is 0 Å². The number of halogens is 1. The first-order chi connectivity index (χ1) is 5.72. The van der Waals surface area contributed by atoms with E-state index in [1.165, 1.54) is 0 Å². The van der Waals surface area contributed by atoms with Crippen LogP contribution in [0.3, 0.4) is 0 Å². The number of carboxylic acid groups (broad SMARTS) is 1. The van der Waals surface area contributed by atoms with Crippen LogP contribution in [0.1, 0.15) is 16.9 Å². The van der Waals surface area contributed by atoms with Gasteiger partial charge in [-0.15, -0.1) is 22.9 Å². The zero-order chi connectivity index (χ0) is 8.97. The van der Waals surface area contributed by atoms with Crippen molar-refractivity contribution in [3.63, 3.8) is 0 Å². The molecule has 0 fully saturated rings. The Balaban J connectivity index is 2.47. The fourth-order valence-corrected chi connectivity index (χ4v) is 2.00. The van der Waals surface area contributed by atoms with Gasteiger partial charge in [0.15, 0.2) is 0 Å². The van der Waals surface area contributed by atoms with Crippen LogP contribution in [0.2, 0.25) is 0 Å². The standard InChI is InChI=1S/C8H9ClO2S/c9-4-6-3-7(12-5-6)1-2-8(10)11/h3,5H,1-2,4H2,(H,10,11). The summed E-state index contributed by atoms with van der Waals surface area (Å²) in [5.74, 6) is -0.250. The molecular weight excluding hydrogens is 196 g/mol.